The fourth-order valence-corrected chi connectivity index (χ4v) is 3.90. The van der Waals surface area contributed by atoms with Gasteiger partial charge in [0, 0.05) is 37.8 Å². The fraction of sp³-hybridized carbons (Fsp3) is 0.333. The highest BCUT2D eigenvalue weighted by Gasteiger charge is 2.25. The third kappa shape index (κ3) is 4.46. The predicted molar refractivity (Wildman–Crippen MR) is 101 cm³/mol. The highest BCUT2D eigenvalue weighted by molar-refractivity contribution is 7.92. The molecule has 3 rings (SSSR count). The number of aromatic nitrogens is 2. The highest BCUT2D eigenvalue weighted by Crippen LogP contribution is 2.18. The molecule has 1 fully saturated rings. The first-order valence-electron chi connectivity index (χ1n) is 8.45. The Balaban J connectivity index is 1.64. The molecule has 0 saturated carbocycles. The van der Waals surface area contributed by atoms with E-state index >= 15 is 0 Å². The van der Waals surface area contributed by atoms with Crippen LogP contribution in [0.15, 0.2) is 48.0 Å². The minimum absolute atomic E-state index is 0.364. The van der Waals surface area contributed by atoms with Crippen molar-refractivity contribution in [2.24, 2.45) is 0 Å². The van der Waals surface area contributed by atoms with Gasteiger partial charge in [0.15, 0.2) is 5.82 Å². The first-order chi connectivity index (χ1) is 12.5. The largest absolute Gasteiger partial charge is 0.385 e. The lowest BCUT2D eigenvalue weighted by Gasteiger charge is -2.34. The molecule has 0 radical (unpaired) electrons. The van der Waals surface area contributed by atoms with Crippen LogP contribution in [0.2, 0.25) is 0 Å². The van der Waals surface area contributed by atoms with Crippen molar-refractivity contribution < 1.29 is 13.5 Å². The third-order valence-corrected chi connectivity index (χ3v) is 5.75. The number of benzene rings is 1. The van der Waals surface area contributed by atoms with Crippen LogP contribution in [0.3, 0.4) is 0 Å². The molecule has 1 N–H and O–H groups in total. The quantitative estimate of drug-likeness (QED) is 0.856. The van der Waals surface area contributed by atoms with Crippen molar-refractivity contribution in [1.82, 2.24) is 14.3 Å². The maximum atomic E-state index is 12.5. The molecule has 1 aromatic heterocycles. The van der Waals surface area contributed by atoms with E-state index in [1.54, 1.807) is 25.3 Å². The second-order valence-electron chi connectivity index (χ2n) is 6.09. The molecule has 2 aromatic rings. The molecule has 1 aliphatic rings. The lowest BCUT2D eigenvalue weighted by Crippen LogP contribution is -2.48. The lowest BCUT2D eigenvalue weighted by atomic mass is 10.2. The van der Waals surface area contributed by atoms with Gasteiger partial charge in [0.1, 0.15) is 11.9 Å². The average Bonchev–Trinajstić information content (AvgIpc) is 2.67. The van der Waals surface area contributed by atoms with Crippen molar-refractivity contribution in [3.63, 3.8) is 0 Å². The van der Waals surface area contributed by atoms with E-state index in [2.05, 4.69) is 9.97 Å². The molecule has 1 aliphatic heterocycles. The summed E-state index contributed by atoms with van der Waals surface area (Å²) < 4.78 is 26.5. The molecular weight excluding hydrogens is 352 g/mol. The summed E-state index contributed by atoms with van der Waals surface area (Å²) >= 11 is 0. The number of nitrogens with zero attached hydrogens (tertiary/aromatic N) is 4. The summed E-state index contributed by atoms with van der Waals surface area (Å²) in [6.07, 6.45) is 2.48. The third-order valence-electron chi connectivity index (χ3n) is 4.19. The second kappa shape index (κ2) is 7.94. The molecule has 1 saturated heterocycles. The number of sulfonamides is 1. The Morgan fingerprint density at radius 3 is 2.46 bits per heavy atom. The van der Waals surface area contributed by atoms with Gasteiger partial charge in [-0.05, 0) is 24.6 Å². The molecule has 0 bridgehead atoms. The molecule has 0 amide bonds. The van der Waals surface area contributed by atoms with Gasteiger partial charge < -0.3 is 10.0 Å². The van der Waals surface area contributed by atoms with E-state index in [9.17, 15) is 13.5 Å². The molecule has 138 valence electrons. The van der Waals surface area contributed by atoms with Gasteiger partial charge in [-0.3, -0.25) is 0 Å². The van der Waals surface area contributed by atoms with Gasteiger partial charge in [0.2, 0.25) is 10.0 Å². The minimum Gasteiger partial charge on any atom is -0.385 e. The summed E-state index contributed by atoms with van der Waals surface area (Å²) in [6.45, 7) is 3.46. The van der Waals surface area contributed by atoms with Crippen LogP contribution in [-0.4, -0.2) is 54.0 Å². The van der Waals surface area contributed by atoms with E-state index in [1.807, 2.05) is 35.2 Å². The molecule has 1 atom stereocenters. The second-order valence-corrected chi connectivity index (χ2v) is 7.91. The molecule has 7 nitrogen and oxygen atoms in total. The van der Waals surface area contributed by atoms with E-state index in [0.717, 1.165) is 5.56 Å². The van der Waals surface area contributed by atoms with Gasteiger partial charge in [-0.2, -0.15) is 4.31 Å². The molecule has 2 heterocycles. The molecule has 0 spiro atoms. The Morgan fingerprint density at radius 1 is 1.12 bits per heavy atom. The molecular formula is C18H22N4O3S. The zero-order valence-corrected chi connectivity index (χ0v) is 15.4. The van der Waals surface area contributed by atoms with Crippen LogP contribution in [0.25, 0.3) is 6.08 Å². The number of hydrogen-bond acceptors (Lipinski definition) is 6. The van der Waals surface area contributed by atoms with Crippen LogP contribution in [0.1, 0.15) is 24.4 Å². The first-order valence-corrected chi connectivity index (χ1v) is 9.95. The monoisotopic (exact) mass is 374 g/mol. The molecule has 0 aliphatic carbocycles. The summed E-state index contributed by atoms with van der Waals surface area (Å²) in [5, 5.41) is 10.9. The van der Waals surface area contributed by atoms with Crippen LogP contribution in [0, 0.1) is 0 Å². The SMILES string of the molecule is CC(O)c1nccc(N2CCN(S(=O)(=O)/C=C/c3ccccc3)CC2)n1. The van der Waals surface area contributed by atoms with E-state index < -0.39 is 16.1 Å². The van der Waals surface area contributed by atoms with Crippen LogP contribution in [0.4, 0.5) is 5.82 Å². The van der Waals surface area contributed by atoms with E-state index in [0.29, 0.717) is 37.8 Å². The van der Waals surface area contributed by atoms with Crippen molar-refractivity contribution in [1.29, 1.82) is 0 Å². The molecule has 26 heavy (non-hydrogen) atoms. The van der Waals surface area contributed by atoms with Gasteiger partial charge in [0.25, 0.3) is 0 Å². The number of rotatable bonds is 5. The van der Waals surface area contributed by atoms with Crippen LogP contribution in [0.5, 0.6) is 0 Å². The first kappa shape index (κ1) is 18.5. The zero-order valence-electron chi connectivity index (χ0n) is 14.6. The summed E-state index contributed by atoms with van der Waals surface area (Å²) in [6, 6.07) is 11.1. The lowest BCUT2D eigenvalue weighted by molar-refractivity contribution is 0.189. The molecule has 1 aromatic carbocycles. The smallest absolute Gasteiger partial charge is 0.236 e. The summed E-state index contributed by atoms with van der Waals surface area (Å²) in [7, 11) is -3.46. The van der Waals surface area contributed by atoms with Gasteiger partial charge >= 0.3 is 0 Å². The number of aliphatic hydroxyl groups is 1. The Kier molecular flexibility index (Phi) is 5.65. The minimum atomic E-state index is -3.46. The Morgan fingerprint density at radius 2 is 1.81 bits per heavy atom. The Hall–Kier alpha value is -2.29. The molecule has 8 heteroatoms. The topological polar surface area (TPSA) is 86.6 Å². The molecule has 1 unspecified atom stereocenters. The van der Waals surface area contributed by atoms with Crippen LogP contribution < -0.4 is 4.90 Å². The highest BCUT2D eigenvalue weighted by atomic mass is 32.2. The van der Waals surface area contributed by atoms with E-state index in [1.165, 1.54) is 9.71 Å². The zero-order chi connectivity index (χ0) is 18.6. The van der Waals surface area contributed by atoms with Crippen LogP contribution >= 0.6 is 0 Å². The maximum Gasteiger partial charge on any atom is 0.236 e. The van der Waals surface area contributed by atoms with Gasteiger partial charge in [-0.1, -0.05) is 30.3 Å². The predicted octanol–water partition coefficient (Wildman–Crippen LogP) is 1.65. The number of hydrogen-bond donors (Lipinski definition) is 1. The Labute approximate surface area is 153 Å². The van der Waals surface area contributed by atoms with E-state index in [4.69, 9.17) is 0 Å². The van der Waals surface area contributed by atoms with Gasteiger partial charge in [-0.15, -0.1) is 0 Å². The van der Waals surface area contributed by atoms with E-state index in [-0.39, 0.29) is 0 Å². The maximum absolute atomic E-state index is 12.5. The van der Waals surface area contributed by atoms with Crippen LogP contribution in [-0.2, 0) is 10.0 Å². The van der Waals surface area contributed by atoms with Crippen molar-refractivity contribution in [3.05, 3.63) is 59.4 Å². The summed E-state index contributed by atoms with van der Waals surface area (Å²) in [5.41, 5.74) is 0.848. The fourth-order valence-electron chi connectivity index (χ4n) is 2.73. The van der Waals surface area contributed by atoms with Crippen molar-refractivity contribution in [3.8, 4) is 0 Å². The standard InChI is InChI=1S/C18H22N4O3S/c1-15(23)18-19-9-7-17(20-18)21-10-12-22(13-11-21)26(24,25)14-8-16-5-3-2-4-6-16/h2-9,14-15,23H,10-13H2,1H3/b14-8+. The van der Waals surface area contributed by atoms with Crippen molar-refractivity contribution in [2.45, 2.75) is 13.0 Å². The normalized spacial score (nSPS) is 17.5. The number of aliphatic hydroxyl groups excluding tert-OH is 1. The number of anilines is 1. The summed E-state index contributed by atoms with van der Waals surface area (Å²) in [5.74, 6) is 1.07. The average molecular weight is 374 g/mol. The van der Waals surface area contributed by atoms with Gasteiger partial charge in [-0.25, -0.2) is 18.4 Å². The van der Waals surface area contributed by atoms with Crippen molar-refractivity contribution >= 4 is 21.9 Å². The van der Waals surface area contributed by atoms with Crippen molar-refractivity contribution in [2.75, 3.05) is 31.1 Å². The van der Waals surface area contributed by atoms with Gasteiger partial charge in [0.05, 0.1) is 0 Å². The number of piperazine rings is 1. The Bertz CT molecular complexity index is 861. The summed E-state index contributed by atoms with van der Waals surface area (Å²) in [4.78, 5) is 10.4.